The van der Waals surface area contributed by atoms with E-state index in [1.807, 2.05) is 0 Å². The molecule has 6 rings (SSSR count). The Morgan fingerprint density at radius 3 is 3.00 bits per heavy atom. The molecule has 3 heterocycles. The average Bonchev–Trinajstić information content (AvgIpc) is 3.04. The maximum absolute atomic E-state index is 11.8. The van der Waals surface area contributed by atoms with Crippen LogP contribution in [0.1, 0.15) is 58.1 Å². The van der Waals surface area contributed by atoms with Gasteiger partial charge in [0.2, 0.25) is 0 Å². The van der Waals surface area contributed by atoms with Crippen molar-refractivity contribution in [3.63, 3.8) is 0 Å². The highest BCUT2D eigenvalue weighted by atomic mass is 32.1. The number of hydrogen-bond donors (Lipinski definition) is 1. The largest absolute Gasteiger partial charge is 0.457 e. The summed E-state index contributed by atoms with van der Waals surface area (Å²) in [5, 5.41) is 0. The second-order valence-electron chi connectivity index (χ2n) is 6.67. The molecule has 0 spiro atoms. The Bertz CT molecular complexity index is 776. The van der Waals surface area contributed by atoms with Gasteiger partial charge < -0.3 is 9.15 Å². The number of esters is 1. The number of thiol groups is 1. The summed E-state index contributed by atoms with van der Waals surface area (Å²) in [4.78, 5) is 11.8. The molecule has 0 N–H and O–H groups in total. The number of carbonyl (C=O) groups is 1. The van der Waals surface area contributed by atoms with Crippen LogP contribution in [0.2, 0.25) is 0 Å². The van der Waals surface area contributed by atoms with E-state index in [0.717, 1.165) is 28.7 Å². The number of benzene rings is 1. The normalized spacial score (nSPS) is 41.3. The Balaban J connectivity index is 1.72. The molecule has 96 valence electrons. The first-order valence-corrected chi connectivity index (χ1v) is 7.42. The van der Waals surface area contributed by atoms with Gasteiger partial charge in [0.1, 0.15) is 23.3 Å². The zero-order valence-corrected chi connectivity index (χ0v) is 11.1. The summed E-state index contributed by atoms with van der Waals surface area (Å²) in [5.41, 5.74) is 6.30. The highest BCUT2D eigenvalue weighted by molar-refractivity contribution is 7.82. The van der Waals surface area contributed by atoms with Crippen LogP contribution in [0.5, 0.6) is 0 Å². The SMILES string of the molecule is O=C1OCc2c1c1oc2c2c1C1CC3(S)CC2CC13. The van der Waals surface area contributed by atoms with Gasteiger partial charge in [0, 0.05) is 15.9 Å². The van der Waals surface area contributed by atoms with Crippen molar-refractivity contribution in [2.24, 2.45) is 5.92 Å². The number of furan rings is 2. The van der Waals surface area contributed by atoms with Gasteiger partial charge in [-0.3, -0.25) is 0 Å². The van der Waals surface area contributed by atoms with Crippen molar-refractivity contribution in [3.05, 3.63) is 22.3 Å². The molecule has 19 heavy (non-hydrogen) atoms. The maximum Gasteiger partial charge on any atom is 0.342 e. The summed E-state index contributed by atoms with van der Waals surface area (Å²) in [5.74, 6) is 1.66. The molecule has 0 radical (unpaired) electrons. The molecule has 4 unspecified atom stereocenters. The fourth-order valence-electron chi connectivity index (χ4n) is 5.30. The molecule has 2 aromatic heterocycles. The minimum Gasteiger partial charge on any atom is -0.457 e. The Labute approximate surface area is 115 Å². The Morgan fingerprint density at radius 2 is 2.11 bits per heavy atom. The minimum absolute atomic E-state index is 0.194. The molecule has 4 aliphatic rings. The van der Waals surface area contributed by atoms with Crippen LogP contribution in [0.25, 0.3) is 11.2 Å². The lowest BCUT2D eigenvalue weighted by molar-refractivity contribution is 0.0534. The van der Waals surface area contributed by atoms with Crippen molar-refractivity contribution in [2.45, 2.75) is 42.5 Å². The number of fused-ring (bicyclic) bond motifs is 11. The lowest BCUT2D eigenvalue weighted by atomic mass is 9.61. The van der Waals surface area contributed by atoms with Gasteiger partial charge in [-0.05, 0) is 37.0 Å². The molecule has 4 bridgehead atoms. The Morgan fingerprint density at radius 1 is 1.21 bits per heavy atom. The van der Waals surface area contributed by atoms with Crippen molar-refractivity contribution < 1.29 is 13.9 Å². The van der Waals surface area contributed by atoms with E-state index in [2.05, 4.69) is 0 Å². The molecule has 3 nitrogen and oxygen atoms in total. The van der Waals surface area contributed by atoms with E-state index >= 15 is 0 Å². The summed E-state index contributed by atoms with van der Waals surface area (Å²) in [6, 6.07) is 0. The van der Waals surface area contributed by atoms with E-state index in [4.69, 9.17) is 21.8 Å². The van der Waals surface area contributed by atoms with Gasteiger partial charge >= 0.3 is 5.97 Å². The predicted octanol–water partition coefficient (Wildman–Crippen LogP) is 3.20. The van der Waals surface area contributed by atoms with Crippen LogP contribution >= 0.6 is 12.6 Å². The number of ether oxygens (including phenoxy) is 1. The molecule has 2 fully saturated rings. The zero-order chi connectivity index (χ0) is 12.5. The maximum atomic E-state index is 11.8. The molecule has 3 aliphatic carbocycles. The van der Waals surface area contributed by atoms with Gasteiger partial charge in [-0.25, -0.2) is 4.79 Å². The third-order valence-corrected chi connectivity index (χ3v) is 6.70. The molecule has 0 amide bonds. The van der Waals surface area contributed by atoms with Crippen LogP contribution in [-0.4, -0.2) is 10.7 Å². The monoisotopic (exact) mass is 272 g/mol. The molecule has 0 saturated heterocycles. The van der Waals surface area contributed by atoms with Crippen LogP contribution in [0.4, 0.5) is 0 Å². The lowest BCUT2D eigenvalue weighted by Crippen LogP contribution is -2.44. The molecular weight excluding hydrogens is 260 g/mol. The van der Waals surface area contributed by atoms with Crippen LogP contribution in [0, 0.1) is 5.92 Å². The van der Waals surface area contributed by atoms with Crippen molar-refractivity contribution >= 4 is 29.8 Å². The van der Waals surface area contributed by atoms with E-state index in [1.165, 1.54) is 24.0 Å². The predicted molar refractivity (Wildman–Crippen MR) is 71.1 cm³/mol. The van der Waals surface area contributed by atoms with Gasteiger partial charge in [-0.2, -0.15) is 12.6 Å². The van der Waals surface area contributed by atoms with Crippen LogP contribution < -0.4 is 0 Å². The van der Waals surface area contributed by atoms with Crippen molar-refractivity contribution in [1.82, 2.24) is 0 Å². The summed E-state index contributed by atoms with van der Waals surface area (Å²) >= 11 is 4.92. The molecule has 0 aromatic carbocycles. The van der Waals surface area contributed by atoms with Gasteiger partial charge in [-0.1, -0.05) is 0 Å². The standard InChI is InChI=1S/C15H12O3S/c16-14-11-7(4-17-14)12-9-5-1-8-6(3-15(8,19)2-5)10(9)13(11)18-12/h5-6,8,19H,1-4H2. The first-order chi connectivity index (χ1) is 9.17. The zero-order valence-electron chi connectivity index (χ0n) is 10.2. The lowest BCUT2D eigenvalue weighted by Gasteiger charge is -2.49. The van der Waals surface area contributed by atoms with E-state index in [1.54, 1.807) is 0 Å². The van der Waals surface area contributed by atoms with E-state index in [0.29, 0.717) is 24.4 Å². The summed E-state index contributed by atoms with van der Waals surface area (Å²) in [7, 11) is 0. The van der Waals surface area contributed by atoms with Gasteiger partial charge in [-0.15, -0.1) is 0 Å². The van der Waals surface area contributed by atoms with E-state index in [-0.39, 0.29) is 10.7 Å². The average molecular weight is 272 g/mol. The van der Waals surface area contributed by atoms with Gasteiger partial charge in [0.15, 0.2) is 0 Å². The van der Waals surface area contributed by atoms with Crippen LogP contribution in [0.3, 0.4) is 0 Å². The van der Waals surface area contributed by atoms with Gasteiger partial charge in [0.05, 0.1) is 5.56 Å². The number of cyclic esters (lactones) is 1. The fourth-order valence-corrected chi connectivity index (χ4v) is 6.00. The third kappa shape index (κ3) is 0.806. The van der Waals surface area contributed by atoms with Crippen molar-refractivity contribution in [1.29, 1.82) is 0 Å². The van der Waals surface area contributed by atoms with E-state index in [9.17, 15) is 4.79 Å². The fraction of sp³-hybridized carbons (Fsp3) is 0.533. The molecular formula is C15H12O3S. The van der Waals surface area contributed by atoms with Crippen molar-refractivity contribution in [2.75, 3.05) is 0 Å². The quantitative estimate of drug-likeness (QED) is 0.591. The molecule has 2 saturated carbocycles. The molecule has 1 aliphatic heterocycles. The molecule has 4 heteroatoms. The van der Waals surface area contributed by atoms with Gasteiger partial charge in [0.25, 0.3) is 0 Å². The Hall–Kier alpha value is -1.16. The highest BCUT2D eigenvalue weighted by Crippen LogP contribution is 2.72. The summed E-state index contributed by atoms with van der Waals surface area (Å²) in [6.07, 6.45) is 3.58. The first-order valence-electron chi connectivity index (χ1n) is 6.97. The molecule has 4 atom stereocenters. The first kappa shape index (κ1) is 9.70. The van der Waals surface area contributed by atoms with Crippen LogP contribution in [-0.2, 0) is 11.3 Å². The smallest absolute Gasteiger partial charge is 0.342 e. The van der Waals surface area contributed by atoms with Crippen molar-refractivity contribution in [3.8, 4) is 0 Å². The van der Waals surface area contributed by atoms with Crippen LogP contribution in [0.15, 0.2) is 4.42 Å². The Kier molecular flexibility index (Phi) is 1.29. The third-order valence-electron chi connectivity index (χ3n) is 6.00. The number of carbonyl (C=O) groups excluding carboxylic acids is 1. The highest BCUT2D eigenvalue weighted by Gasteiger charge is 2.63. The minimum atomic E-state index is -0.194. The summed E-state index contributed by atoms with van der Waals surface area (Å²) < 4.78 is 11.4. The molecule has 2 aromatic rings. The number of rotatable bonds is 0. The second-order valence-corrected chi connectivity index (χ2v) is 7.57. The summed E-state index contributed by atoms with van der Waals surface area (Å²) in [6.45, 7) is 0.399. The number of hydrogen-bond acceptors (Lipinski definition) is 4. The van der Waals surface area contributed by atoms with E-state index < -0.39 is 0 Å². The topological polar surface area (TPSA) is 39.4 Å². The second kappa shape index (κ2) is 2.53.